The first-order chi connectivity index (χ1) is 16.7. The van der Waals surface area contributed by atoms with E-state index in [2.05, 4.69) is 26.3 Å². The van der Waals surface area contributed by atoms with Crippen LogP contribution in [-0.2, 0) is 30.4 Å². The van der Waals surface area contributed by atoms with Crippen LogP contribution in [-0.4, -0.2) is 70.4 Å². The zero-order chi connectivity index (χ0) is 25.5. The number of aliphatic carboxylic acids is 1. The first-order valence-electron chi connectivity index (χ1n) is 11.4. The third-order valence-corrected chi connectivity index (χ3v) is 5.88. The lowest BCUT2D eigenvalue weighted by molar-refractivity contribution is -0.142. The zero-order valence-electron chi connectivity index (χ0n) is 19.3. The highest BCUT2D eigenvalue weighted by atomic mass is 16.4. The second-order valence-corrected chi connectivity index (χ2v) is 8.57. The number of rotatable bonds is 11. The molecule has 4 unspecified atom stereocenters. The lowest BCUT2D eigenvalue weighted by Crippen LogP contribution is -2.58. The number of carbonyl (C=O) groups is 5. The molecular formula is C23H30N6O6. The molecule has 35 heavy (non-hydrogen) atoms. The first-order valence-corrected chi connectivity index (χ1v) is 11.4. The van der Waals surface area contributed by atoms with Crippen molar-refractivity contribution in [1.82, 2.24) is 26.3 Å². The van der Waals surface area contributed by atoms with Gasteiger partial charge in [-0.3, -0.25) is 24.0 Å². The van der Waals surface area contributed by atoms with Crippen LogP contribution in [0.3, 0.4) is 0 Å². The van der Waals surface area contributed by atoms with E-state index in [0.29, 0.717) is 13.0 Å². The van der Waals surface area contributed by atoms with Gasteiger partial charge in [0.25, 0.3) is 0 Å². The number of carbonyl (C=O) groups excluding carboxylic acids is 4. The molecule has 2 heterocycles. The Bertz CT molecular complexity index is 1110. The van der Waals surface area contributed by atoms with Gasteiger partial charge in [-0.1, -0.05) is 18.2 Å². The van der Waals surface area contributed by atoms with Crippen LogP contribution in [0.2, 0.25) is 0 Å². The number of nitrogens with two attached hydrogens (primary N) is 1. The van der Waals surface area contributed by atoms with Crippen molar-refractivity contribution in [3.63, 3.8) is 0 Å². The molecule has 1 aliphatic rings. The molecule has 12 heteroatoms. The minimum absolute atomic E-state index is 0.0370. The Morgan fingerprint density at radius 1 is 1.09 bits per heavy atom. The number of amides is 4. The molecule has 188 valence electrons. The van der Waals surface area contributed by atoms with Crippen LogP contribution in [0.25, 0.3) is 10.9 Å². The number of benzene rings is 1. The minimum atomic E-state index is -1.29. The summed E-state index contributed by atoms with van der Waals surface area (Å²) < 4.78 is 0. The van der Waals surface area contributed by atoms with Gasteiger partial charge in [0.2, 0.25) is 23.6 Å². The lowest BCUT2D eigenvalue weighted by atomic mass is 10.0. The van der Waals surface area contributed by atoms with Crippen molar-refractivity contribution in [2.24, 2.45) is 5.73 Å². The number of carboxylic acids is 1. The molecule has 0 aliphatic carbocycles. The van der Waals surface area contributed by atoms with E-state index in [9.17, 15) is 29.1 Å². The van der Waals surface area contributed by atoms with Gasteiger partial charge in [0, 0.05) is 23.5 Å². The largest absolute Gasteiger partial charge is 0.480 e. The van der Waals surface area contributed by atoms with Crippen molar-refractivity contribution < 1.29 is 29.1 Å². The summed E-state index contributed by atoms with van der Waals surface area (Å²) in [5.74, 6) is -3.99. The van der Waals surface area contributed by atoms with E-state index in [4.69, 9.17) is 5.73 Å². The Kier molecular flexibility index (Phi) is 8.42. The summed E-state index contributed by atoms with van der Waals surface area (Å²) in [4.78, 5) is 64.5. The average molecular weight is 487 g/mol. The number of fused-ring (bicyclic) bond motifs is 1. The van der Waals surface area contributed by atoms with Crippen LogP contribution in [0.4, 0.5) is 0 Å². The molecule has 1 aliphatic heterocycles. The van der Waals surface area contributed by atoms with E-state index < -0.39 is 60.2 Å². The third kappa shape index (κ3) is 6.79. The predicted octanol–water partition coefficient (Wildman–Crippen LogP) is -1.10. The van der Waals surface area contributed by atoms with Gasteiger partial charge >= 0.3 is 5.97 Å². The van der Waals surface area contributed by atoms with Crippen molar-refractivity contribution in [2.75, 3.05) is 6.54 Å². The molecular weight excluding hydrogens is 456 g/mol. The quantitative estimate of drug-likeness (QED) is 0.209. The number of para-hydroxylation sites is 1. The maximum absolute atomic E-state index is 13.1. The molecule has 1 fully saturated rings. The summed E-state index contributed by atoms with van der Waals surface area (Å²) in [6.45, 7) is 1.97. The molecule has 3 rings (SSSR count). The topological polar surface area (TPSA) is 196 Å². The Hall–Kier alpha value is -3.93. The Balaban J connectivity index is 1.80. The molecule has 1 aromatic carbocycles. The fourth-order valence-electron chi connectivity index (χ4n) is 3.97. The number of nitrogens with one attached hydrogen (secondary N) is 5. The number of H-pyrrole nitrogens is 1. The smallest absolute Gasteiger partial charge is 0.325 e. The van der Waals surface area contributed by atoms with Crippen LogP contribution >= 0.6 is 0 Å². The van der Waals surface area contributed by atoms with Crippen molar-refractivity contribution in [3.8, 4) is 0 Å². The number of carboxylic acid groups (broad SMARTS) is 1. The summed E-state index contributed by atoms with van der Waals surface area (Å²) in [5, 5.41) is 20.5. The van der Waals surface area contributed by atoms with Crippen LogP contribution in [0, 0.1) is 0 Å². The second kappa shape index (κ2) is 11.5. The number of hydrogen-bond donors (Lipinski definition) is 7. The van der Waals surface area contributed by atoms with Gasteiger partial charge in [0.15, 0.2) is 0 Å². The van der Waals surface area contributed by atoms with Crippen molar-refractivity contribution in [2.45, 2.75) is 56.8 Å². The summed E-state index contributed by atoms with van der Waals surface area (Å²) in [6.07, 6.45) is 2.67. The van der Waals surface area contributed by atoms with Crippen LogP contribution < -0.4 is 27.0 Å². The van der Waals surface area contributed by atoms with E-state index in [1.807, 2.05) is 24.3 Å². The fourth-order valence-corrected chi connectivity index (χ4v) is 3.97. The van der Waals surface area contributed by atoms with Gasteiger partial charge in [-0.25, -0.2) is 0 Å². The highest BCUT2D eigenvalue weighted by Crippen LogP contribution is 2.19. The average Bonchev–Trinajstić information content (AvgIpc) is 3.48. The van der Waals surface area contributed by atoms with Crippen molar-refractivity contribution in [1.29, 1.82) is 0 Å². The normalized spacial score (nSPS) is 17.8. The molecule has 4 atom stereocenters. The van der Waals surface area contributed by atoms with Gasteiger partial charge in [-0.15, -0.1) is 0 Å². The molecule has 0 bridgehead atoms. The second-order valence-electron chi connectivity index (χ2n) is 8.57. The molecule has 0 radical (unpaired) electrons. The standard InChI is InChI=1S/C23H30N6O6/c1-12(23(34)35)27-21(32)17(9-13-11-26-15-6-3-2-5-14(13)15)28-22(33)18(10-19(24)30)29-20(31)16-7-4-8-25-16/h2-3,5-6,11-12,16-18,25-26H,4,7-10H2,1H3,(H2,24,30)(H,27,32)(H,28,33)(H,29,31)(H,34,35). The summed E-state index contributed by atoms with van der Waals surface area (Å²) in [6, 6.07) is 3.23. The monoisotopic (exact) mass is 486 g/mol. The summed E-state index contributed by atoms with van der Waals surface area (Å²) in [7, 11) is 0. The van der Waals surface area contributed by atoms with Gasteiger partial charge < -0.3 is 37.1 Å². The number of aromatic nitrogens is 1. The van der Waals surface area contributed by atoms with Crippen LogP contribution in [0.1, 0.15) is 31.7 Å². The lowest BCUT2D eigenvalue weighted by Gasteiger charge is -2.24. The molecule has 0 spiro atoms. The maximum Gasteiger partial charge on any atom is 0.325 e. The van der Waals surface area contributed by atoms with E-state index in [1.54, 1.807) is 6.20 Å². The van der Waals surface area contributed by atoms with E-state index in [0.717, 1.165) is 22.9 Å². The number of hydrogen-bond acceptors (Lipinski definition) is 6. The van der Waals surface area contributed by atoms with E-state index >= 15 is 0 Å². The van der Waals surface area contributed by atoms with Crippen molar-refractivity contribution >= 4 is 40.5 Å². The van der Waals surface area contributed by atoms with E-state index in [-0.39, 0.29) is 6.42 Å². The molecule has 1 aromatic heterocycles. The molecule has 12 nitrogen and oxygen atoms in total. The number of primary amides is 1. The summed E-state index contributed by atoms with van der Waals surface area (Å²) in [5.41, 5.74) is 6.83. The third-order valence-electron chi connectivity index (χ3n) is 5.88. The zero-order valence-corrected chi connectivity index (χ0v) is 19.3. The first kappa shape index (κ1) is 25.7. The molecule has 2 aromatic rings. The van der Waals surface area contributed by atoms with Crippen LogP contribution in [0.5, 0.6) is 0 Å². The molecule has 1 saturated heterocycles. The maximum atomic E-state index is 13.1. The van der Waals surface area contributed by atoms with Crippen molar-refractivity contribution in [3.05, 3.63) is 36.0 Å². The van der Waals surface area contributed by atoms with Gasteiger partial charge in [-0.2, -0.15) is 0 Å². The van der Waals surface area contributed by atoms with E-state index in [1.165, 1.54) is 6.92 Å². The Labute approximate surface area is 201 Å². The molecule has 8 N–H and O–H groups in total. The van der Waals surface area contributed by atoms with Gasteiger partial charge in [0.05, 0.1) is 12.5 Å². The van der Waals surface area contributed by atoms with Gasteiger partial charge in [-0.05, 0) is 37.9 Å². The molecule has 0 saturated carbocycles. The highest BCUT2D eigenvalue weighted by molar-refractivity contribution is 5.96. The molecule has 4 amide bonds. The Morgan fingerprint density at radius 2 is 1.80 bits per heavy atom. The fraction of sp³-hybridized carbons (Fsp3) is 0.435. The van der Waals surface area contributed by atoms with Crippen LogP contribution in [0.15, 0.2) is 30.5 Å². The van der Waals surface area contributed by atoms with Gasteiger partial charge in [0.1, 0.15) is 18.1 Å². The summed E-state index contributed by atoms with van der Waals surface area (Å²) >= 11 is 0. The predicted molar refractivity (Wildman–Crippen MR) is 126 cm³/mol. The Morgan fingerprint density at radius 3 is 2.46 bits per heavy atom. The highest BCUT2D eigenvalue weighted by Gasteiger charge is 2.32. The minimum Gasteiger partial charge on any atom is -0.480 e. The SMILES string of the molecule is CC(NC(=O)C(Cc1c[nH]c2ccccc12)NC(=O)C(CC(N)=O)NC(=O)C1CCCN1)C(=O)O. The number of aromatic amines is 1.